The fourth-order valence-electron chi connectivity index (χ4n) is 4.81. The Morgan fingerprint density at radius 2 is 2.05 bits per heavy atom. The molecule has 3 aliphatic carbocycles. The number of rotatable bonds is 1. The lowest BCUT2D eigenvalue weighted by molar-refractivity contribution is 0.195. The van der Waals surface area contributed by atoms with E-state index >= 15 is 0 Å². The first-order valence-electron chi connectivity index (χ1n) is 7.96. The summed E-state index contributed by atoms with van der Waals surface area (Å²) in [6.45, 7) is 4.60. The molecule has 0 N–H and O–H groups in total. The van der Waals surface area contributed by atoms with E-state index in [0.717, 1.165) is 11.8 Å². The van der Waals surface area contributed by atoms with Gasteiger partial charge in [0.15, 0.2) is 0 Å². The summed E-state index contributed by atoms with van der Waals surface area (Å²) in [5.74, 6) is 2.45. The van der Waals surface area contributed by atoms with Crippen LogP contribution >= 0.6 is 0 Å². The predicted octanol–water partition coefficient (Wildman–Crippen LogP) is 4.88. The number of benzene rings is 1. The van der Waals surface area contributed by atoms with E-state index < -0.39 is 0 Å². The Kier molecular flexibility index (Phi) is 2.46. The van der Waals surface area contributed by atoms with Crippen molar-refractivity contribution in [3.63, 3.8) is 0 Å². The maximum absolute atomic E-state index is 2.53. The van der Waals surface area contributed by atoms with Gasteiger partial charge in [0, 0.05) is 0 Å². The van der Waals surface area contributed by atoms with Gasteiger partial charge < -0.3 is 0 Å². The smallest absolute Gasteiger partial charge is 0.0168 e. The molecule has 0 heteroatoms. The van der Waals surface area contributed by atoms with Gasteiger partial charge in [0.05, 0.1) is 0 Å². The van der Waals surface area contributed by atoms with Crippen LogP contribution in [0.15, 0.2) is 30.4 Å². The lowest BCUT2D eigenvalue weighted by Crippen LogP contribution is -2.32. The van der Waals surface area contributed by atoms with Gasteiger partial charge in [-0.05, 0) is 72.0 Å². The SMILES string of the molecule is CC(C)c1ccc2c(c1)CCC1(C2)CC2C=CC1C2. The second-order valence-corrected chi connectivity index (χ2v) is 7.41. The zero-order valence-corrected chi connectivity index (χ0v) is 12.2. The van der Waals surface area contributed by atoms with Crippen molar-refractivity contribution in [3.05, 3.63) is 47.0 Å². The van der Waals surface area contributed by atoms with Gasteiger partial charge in [-0.1, -0.05) is 44.2 Å². The van der Waals surface area contributed by atoms with Crippen LogP contribution in [-0.4, -0.2) is 0 Å². The van der Waals surface area contributed by atoms with E-state index in [1.165, 1.54) is 37.7 Å². The average molecular weight is 252 g/mol. The first-order chi connectivity index (χ1) is 9.16. The highest BCUT2D eigenvalue weighted by Crippen LogP contribution is 2.57. The molecule has 1 aromatic carbocycles. The molecule has 3 unspecified atom stereocenters. The second-order valence-electron chi connectivity index (χ2n) is 7.41. The van der Waals surface area contributed by atoms with Crippen LogP contribution < -0.4 is 0 Å². The van der Waals surface area contributed by atoms with Crippen LogP contribution in [0.4, 0.5) is 0 Å². The van der Waals surface area contributed by atoms with E-state index in [9.17, 15) is 0 Å². The monoisotopic (exact) mass is 252 g/mol. The molecule has 3 aliphatic rings. The normalized spacial score (nSPS) is 35.3. The van der Waals surface area contributed by atoms with Gasteiger partial charge in [0.2, 0.25) is 0 Å². The minimum Gasteiger partial charge on any atom is -0.0851 e. The Labute approximate surface area is 116 Å². The molecule has 0 amide bonds. The van der Waals surface area contributed by atoms with Crippen molar-refractivity contribution in [2.75, 3.05) is 0 Å². The van der Waals surface area contributed by atoms with Crippen molar-refractivity contribution < 1.29 is 0 Å². The quantitative estimate of drug-likeness (QED) is 0.625. The van der Waals surface area contributed by atoms with E-state index in [2.05, 4.69) is 44.2 Å². The third kappa shape index (κ3) is 1.72. The zero-order chi connectivity index (χ0) is 13.0. The molecule has 1 saturated carbocycles. The maximum atomic E-state index is 2.53. The van der Waals surface area contributed by atoms with Crippen LogP contribution in [-0.2, 0) is 12.8 Å². The van der Waals surface area contributed by atoms with E-state index in [-0.39, 0.29) is 0 Å². The van der Waals surface area contributed by atoms with Gasteiger partial charge in [-0.3, -0.25) is 0 Å². The second kappa shape index (κ2) is 3.98. The Morgan fingerprint density at radius 3 is 2.74 bits per heavy atom. The highest BCUT2D eigenvalue weighted by atomic mass is 14.5. The van der Waals surface area contributed by atoms with Gasteiger partial charge in [0.1, 0.15) is 0 Å². The summed E-state index contributed by atoms with van der Waals surface area (Å²) >= 11 is 0. The fraction of sp³-hybridized carbons (Fsp3) is 0.579. The van der Waals surface area contributed by atoms with E-state index in [1.54, 1.807) is 11.1 Å². The summed E-state index contributed by atoms with van der Waals surface area (Å²) in [7, 11) is 0. The van der Waals surface area contributed by atoms with Crippen LogP contribution in [0.5, 0.6) is 0 Å². The molecule has 4 rings (SSSR count). The van der Waals surface area contributed by atoms with Crippen LogP contribution in [0.1, 0.15) is 55.7 Å². The summed E-state index contributed by atoms with van der Waals surface area (Å²) in [5, 5.41) is 0. The summed E-state index contributed by atoms with van der Waals surface area (Å²) < 4.78 is 0. The molecular weight excluding hydrogens is 228 g/mol. The van der Waals surface area contributed by atoms with Crippen LogP contribution in [0, 0.1) is 17.3 Å². The Morgan fingerprint density at radius 1 is 1.16 bits per heavy atom. The van der Waals surface area contributed by atoms with Crippen molar-refractivity contribution in [1.29, 1.82) is 0 Å². The topological polar surface area (TPSA) is 0 Å². The highest BCUT2D eigenvalue weighted by Gasteiger charge is 2.49. The van der Waals surface area contributed by atoms with Crippen LogP contribution in [0.2, 0.25) is 0 Å². The van der Waals surface area contributed by atoms with Crippen molar-refractivity contribution in [2.45, 2.75) is 51.9 Å². The standard InChI is InChI=1S/C19H24/c1-13(2)15-4-5-17-12-19(8-7-16(17)10-15)11-14-3-6-18(19)9-14/h3-6,10,13-14,18H,7-9,11-12H2,1-2H3. The largest absolute Gasteiger partial charge is 0.0851 e. The number of hydrogen-bond acceptors (Lipinski definition) is 0. The molecule has 0 saturated heterocycles. The Balaban J connectivity index is 1.66. The minimum absolute atomic E-state index is 0.631. The van der Waals surface area contributed by atoms with Crippen LogP contribution in [0.3, 0.4) is 0 Å². The third-order valence-corrected chi connectivity index (χ3v) is 5.96. The van der Waals surface area contributed by atoms with Gasteiger partial charge in [-0.2, -0.15) is 0 Å². The molecule has 100 valence electrons. The van der Waals surface area contributed by atoms with E-state index in [1.807, 2.05) is 0 Å². The molecule has 2 bridgehead atoms. The fourth-order valence-corrected chi connectivity index (χ4v) is 4.81. The lowest BCUT2D eigenvalue weighted by Gasteiger charge is -2.40. The molecule has 1 spiro atoms. The molecule has 0 nitrogen and oxygen atoms in total. The lowest BCUT2D eigenvalue weighted by atomic mass is 9.64. The first-order valence-corrected chi connectivity index (χ1v) is 7.96. The number of hydrogen-bond donors (Lipinski definition) is 0. The molecular formula is C19H24. The van der Waals surface area contributed by atoms with Crippen molar-refractivity contribution >= 4 is 0 Å². The third-order valence-electron chi connectivity index (χ3n) is 5.96. The number of fused-ring (bicyclic) bond motifs is 4. The molecule has 3 atom stereocenters. The van der Waals surface area contributed by atoms with Crippen molar-refractivity contribution in [3.8, 4) is 0 Å². The predicted molar refractivity (Wildman–Crippen MR) is 80.3 cm³/mol. The number of aryl methyl sites for hydroxylation is 1. The average Bonchev–Trinajstić information content (AvgIpc) is 2.98. The highest BCUT2D eigenvalue weighted by molar-refractivity contribution is 5.37. The number of allylic oxidation sites excluding steroid dienone is 2. The summed E-state index contributed by atoms with van der Waals surface area (Å²) in [4.78, 5) is 0. The van der Waals surface area contributed by atoms with E-state index in [4.69, 9.17) is 0 Å². The summed E-state index contributed by atoms with van der Waals surface area (Å²) in [5.41, 5.74) is 5.44. The van der Waals surface area contributed by atoms with Gasteiger partial charge in [-0.25, -0.2) is 0 Å². The van der Waals surface area contributed by atoms with Crippen LogP contribution in [0.25, 0.3) is 0 Å². The Hall–Kier alpha value is -1.04. The van der Waals surface area contributed by atoms with Crippen molar-refractivity contribution in [2.24, 2.45) is 17.3 Å². The molecule has 0 heterocycles. The molecule has 1 aromatic rings. The molecule has 0 radical (unpaired) electrons. The maximum Gasteiger partial charge on any atom is -0.0168 e. The van der Waals surface area contributed by atoms with E-state index in [0.29, 0.717) is 11.3 Å². The first kappa shape index (κ1) is 11.8. The molecule has 1 fully saturated rings. The van der Waals surface area contributed by atoms with Gasteiger partial charge in [-0.15, -0.1) is 0 Å². The Bertz CT molecular complexity index is 537. The van der Waals surface area contributed by atoms with Gasteiger partial charge in [0.25, 0.3) is 0 Å². The summed E-state index contributed by atoms with van der Waals surface area (Å²) in [6.07, 6.45) is 12.0. The summed E-state index contributed by atoms with van der Waals surface area (Å²) in [6, 6.07) is 7.28. The molecule has 0 aromatic heterocycles. The molecule has 0 aliphatic heterocycles. The van der Waals surface area contributed by atoms with Crippen molar-refractivity contribution in [1.82, 2.24) is 0 Å². The molecule has 19 heavy (non-hydrogen) atoms. The van der Waals surface area contributed by atoms with Gasteiger partial charge >= 0.3 is 0 Å². The zero-order valence-electron chi connectivity index (χ0n) is 12.2. The minimum atomic E-state index is 0.631.